The number of rotatable bonds is 5. The molecule has 2 aliphatic heterocycles. The molecule has 2 saturated heterocycles. The van der Waals surface area contributed by atoms with Crippen molar-refractivity contribution >= 4 is 21.4 Å². The minimum Gasteiger partial charge on any atom is -0.493 e. The number of carbonyl (C=O) groups is 1. The van der Waals surface area contributed by atoms with Crippen LogP contribution in [0.15, 0.2) is 18.2 Å². The van der Waals surface area contributed by atoms with Gasteiger partial charge in [-0.1, -0.05) is 6.07 Å². The van der Waals surface area contributed by atoms with E-state index in [0.717, 1.165) is 17.1 Å². The SMILES string of the molecule is COc1cccc(C(=O)N2CCN(c3c(C)nn(C4CCS(=O)(=O)C4)c3C)CC2)c1OC. The normalized spacial score (nSPS) is 20.4. The molecule has 2 fully saturated rings. The van der Waals surface area contributed by atoms with E-state index in [9.17, 15) is 13.2 Å². The summed E-state index contributed by atoms with van der Waals surface area (Å²) in [4.78, 5) is 17.2. The van der Waals surface area contributed by atoms with Crippen molar-refractivity contribution < 1.29 is 22.7 Å². The van der Waals surface area contributed by atoms with Crippen molar-refractivity contribution in [3.8, 4) is 11.5 Å². The van der Waals surface area contributed by atoms with Crippen molar-refractivity contribution in [2.24, 2.45) is 0 Å². The number of para-hydroxylation sites is 1. The zero-order chi connectivity index (χ0) is 23.0. The highest BCUT2D eigenvalue weighted by molar-refractivity contribution is 7.91. The van der Waals surface area contributed by atoms with Gasteiger partial charge in [-0.3, -0.25) is 9.48 Å². The summed E-state index contributed by atoms with van der Waals surface area (Å²) in [5.41, 5.74) is 3.41. The molecular weight excluding hydrogens is 432 g/mol. The molecular formula is C22H30N4O5S. The van der Waals surface area contributed by atoms with Crippen LogP contribution >= 0.6 is 0 Å². The third kappa shape index (κ3) is 4.03. The van der Waals surface area contributed by atoms with Crippen LogP contribution in [0, 0.1) is 13.8 Å². The van der Waals surface area contributed by atoms with E-state index in [-0.39, 0.29) is 23.5 Å². The number of nitrogens with zero attached hydrogens (tertiary/aromatic N) is 4. The van der Waals surface area contributed by atoms with Crippen molar-refractivity contribution in [1.82, 2.24) is 14.7 Å². The maximum atomic E-state index is 13.2. The van der Waals surface area contributed by atoms with E-state index < -0.39 is 9.84 Å². The topological polar surface area (TPSA) is 94.0 Å². The molecule has 0 aliphatic carbocycles. The number of benzene rings is 1. The predicted molar refractivity (Wildman–Crippen MR) is 122 cm³/mol. The maximum absolute atomic E-state index is 13.2. The number of methoxy groups -OCH3 is 2. The van der Waals surface area contributed by atoms with Crippen LogP contribution in [0.5, 0.6) is 11.5 Å². The lowest BCUT2D eigenvalue weighted by Gasteiger charge is -2.36. The number of amides is 1. The number of piperazine rings is 1. The monoisotopic (exact) mass is 462 g/mol. The van der Waals surface area contributed by atoms with Crippen LogP contribution in [-0.4, -0.2) is 80.9 Å². The minimum atomic E-state index is -2.98. The number of carbonyl (C=O) groups excluding carboxylic acids is 1. The van der Waals surface area contributed by atoms with Gasteiger partial charge in [0, 0.05) is 26.2 Å². The van der Waals surface area contributed by atoms with E-state index in [4.69, 9.17) is 9.47 Å². The van der Waals surface area contributed by atoms with E-state index in [1.807, 2.05) is 23.4 Å². The van der Waals surface area contributed by atoms with E-state index >= 15 is 0 Å². The van der Waals surface area contributed by atoms with Crippen LogP contribution in [0.3, 0.4) is 0 Å². The fraction of sp³-hybridized carbons (Fsp3) is 0.545. The van der Waals surface area contributed by atoms with Gasteiger partial charge in [-0.15, -0.1) is 0 Å². The fourth-order valence-corrected chi connectivity index (χ4v) is 6.49. The molecule has 10 heteroatoms. The van der Waals surface area contributed by atoms with Crippen LogP contribution in [0.2, 0.25) is 0 Å². The number of hydrogen-bond acceptors (Lipinski definition) is 7. The average molecular weight is 463 g/mol. The molecule has 0 N–H and O–H groups in total. The molecule has 0 bridgehead atoms. The van der Waals surface area contributed by atoms with Crippen LogP contribution in [-0.2, 0) is 9.84 Å². The van der Waals surface area contributed by atoms with Gasteiger partial charge in [0.15, 0.2) is 21.3 Å². The quantitative estimate of drug-likeness (QED) is 0.669. The van der Waals surface area contributed by atoms with Crippen molar-refractivity contribution in [2.45, 2.75) is 26.3 Å². The molecule has 174 valence electrons. The highest BCUT2D eigenvalue weighted by Gasteiger charge is 2.33. The maximum Gasteiger partial charge on any atom is 0.257 e. The molecule has 2 aliphatic rings. The van der Waals surface area contributed by atoms with E-state index in [1.54, 1.807) is 25.3 Å². The molecule has 9 nitrogen and oxygen atoms in total. The summed E-state index contributed by atoms with van der Waals surface area (Å²) in [5.74, 6) is 1.27. The molecule has 1 aromatic heterocycles. The number of aryl methyl sites for hydroxylation is 1. The number of ether oxygens (including phenoxy) is 2. The lowest BCUT2D eigenvalue weighted by molar-refractivity contribution is 0.0742. The summed E-state index contributed by atoms with van der Waals surface area (Å²) in [6.45, 7) is 6.45. The van der Waals surface area contributed by atoms with Crippen molar-refractivity contribution in [3.05, 3.63) is 35.2 Å². The zero-order valence-corrected chi connectivity index (χ0v) is 19.8. The van der Waals surface area contributed by atoms with Crippen LogP contribution in [0.1, 0.15) is 34.2 Å². The summed E-state index contributed by atoms with van der Waals surface area (Å²) >= 11 is 0. The predicted octanol–water partition coefficient (Wildman–Crippen LogP) is 1.84. The Morgan fingerprint density at radius 1 is 1.09 bits per heavy atom. The molecule has 2 aromatic rings. The molecule has 1 unspecified atom stereocenters. The summed E-state index contributed by atoms with van der Waals surface area (Å²) in [6, 6.07) is 5.21. The molecule has 1 aromatic carbocycles. The van der Waals surface area contributed by atoms with Gasteiger partial charge in [0.25, 0.3) is 5.91 Å². The Morgan fingerprint density at radius 3 is 2.41 bits per heavy atom. The first kappa shape index (κ1) is 22.4. The summed E-state index contributed by atoms with van der Waals surface area (Å²) < 4.78 is 36.5. The molecule has 3 heterocycles. The molecule has 0 spiro atoms. The van der Waals surface area contributed by atoms with Crippen LogP contribution in [0.25, 0.3) is 0 Å². The Kier molecular flexibility index (Phi) is 6.07. The van der Waals surface area contributed by atoms with Gasteiger partial charge in [0.05, 0.1) is 54.4 Å². The number of anilines is 1. The van der Waals surface area contributed by atoms with Gasteiger partial charge in [0.1, 0.15) is 0 Å². The first-order valence-electron chi connectivity index (χ1n) is 10.8. The van der Waals surface area contributed by atoms with Gasteiger partial charge >= 0.3 is 0 Å². The summed E-state index contributed by atoms with van der Waals surface area (Å²) in [6.07, 6.45) is 0.606. The first-order valence-corrected chi connectivity index (χ1v) is 12.6. The molecule has 0 saturated carbocycles. The Labute approximate surface area is 188 Å². The Bertz CT molecular complexity index is 1120. The smallest absolute Gasteiger partial charge is 0.257 e. The lowest BCUT2D eigenvalue weighted by Crippen LogP contribution is -2.49. The Balaban J connectivity index is 1.49. The summed E-state index contributed by atoms with van der Waals surface area (Å²) in [7, 11) is 0.105. The number of aromatic nitrogens is 2. The first-order chi connectivity index (χ1) is 15.3. The molecule has 32 heavy (non-hydrogen) atoms. The van der Waals surface area contributed by atoms with E-state index in [2.05, 4.69) is 10.00 Å². The number of hydrogen-bond donors (Lipinski definition) is 0. The van der Waals surface area contributed by atoms with E-state index in [0.29, 0.717) is 49.7 Å². The third-order valence-corrected chi connectivity index (χ3v) is 8.11. The van der Waals surface area contributed by atoms with Crippen molar-refractivity contribution in [1.29, 1.82) is 0 Å². The average Bonchev–Trinajstić information content (AvgIpc) is 3.30. The number of sulfone groups is 1. The van der Waals surface area contributed by atoms with E-state index in [1.165, 1.54) is 7.11 Å². The molecule has 0 radical (unpaired) electrons. The lowest BCUT2D eigenvalue weighted by atomic mass is 10.1. The van der Waals surface area contributed by atoms with Gasteiger partial charge in [-0.05, 0) is 32.4 Å². The Morgan fingerprint density at radius 2 is 1.81 bits per heavy atom. The second-order valence-corrected chi connectivity index (χ2v) is 10.6. The van der Waals surface area contributed by atoms with Crippen LogP contribution < -0.4 is 14.4 Å². The standard InChI is InChI=1S/C22H30N4O5S/c1-15-20(16(2)26(23-15)17-8-13-32(28,29)14-17)24-9-11-25(12-10-24)22(27)18-6-5-7-19(30-3)21(18)31-4/h5-7,17H,8-14H2,1-4H3. The third-order valence-electron chi connectivity index (χ3n) is 6.36. The molecule has 1 atom stereocenters. The van der Waals surface area contributed by atoms with Crippen molar-refractivity contribution in [3.63, 3.8) is 0 Å². The van der Waals surface area contributed by atoms with Gasteiger partial charge in [0.2, 0.25) is 0 Å². The second-order valence-electron chi connectivity index (χ2n) is 8.34. The zero-order valence-electron chi connectivity index (χ0n) is 19.0. The van der Waals surface area contributed by atoms with Gasteiger partial charge in [-0.25, -0.2) is 8.42 Å². The molecule has 4 rings (SSSR count). The largest absolute Gasteiger partial charge is 0.493 e. The van der Waals surface area contributed by atoms with Crippen molar-refractivity contribution in [2.75, 3.05) is 56.8 Å². The highest BCUT2D eigenvalue weighted by Crippen LogP contribution is 2.33. The van der Waals surface area contributed by atoms with Gasteiger partial charge in [-0.2, -0.15) is 5.10 Å². The summed E-state index contributed by atoms with van der Waals surface area (Å²) in [5, 5.41) is 4.68. The highest BCUT2D eigenvalue weighted by atomic mass is 32.2. The van der Waals surface area contributed by atoms with Gasteiger partial charge < -0.3 is 19.3 Å². The Hall–Kier alpha value is -2.75. The minimum absolute atomic E-state index is 0.0827. The molecule has 1 amide bonds. The van der Waals surface area contributed by atoms with Crippen LogP contribution in [0.4, 0.5) is 5.69 Å². The fourth-order valence-electron chi connectivity index (χ4n) is 4.79. The second kappa shape index (κ2) is 8.65.